The summed E-state index contributed by atoms with van der Waals surface area (Å²) in [6, 6.07) is 15.6. The molecule has 0 aromatic heterocycles. The number of carbonyl (C=O) groups excluding carboxylic acids is 2. The van der Waals surface area contributed by atoms with E-state index in [1.165, 1.54) is 0 Å². The lowest BCUT2D eigenvalue weighted by atomic mass is 9.71. The van der Waals surface area contributed by atoms with Gasteiger partial charge < -0.3 is 0 Å². The number of carbonyl (C=O) groups is 2. The molecule has 3 heteroatoms. The fourth-order valence-corrected chi connectivity index (χ4v) is 4.03. The molecule has 118 valence electrons. The summed E-state index contributed by atoms with van der Waals surface area (Å²) in [5, 5.41) is 9.06. The van der Waals surface area contributed by atoms with Crippen LogP contribution in [0.5, 0.6) is 0 Å². The molecule has 0 bridgehead atoms. The Hall–Kier alpha value is -2.73. The average Bonchev–Trinajstić information content (AvgIpc) is 2.89. The predicted molar refractivity (Wildman–Crippen MR) is 90.5 cm³/mol. The summed E-state index contributed by atoms with van der Waals surface area (Å²) in [6.45, 7) is 0. The van der Waals surface area contributed by atoms with Crippen molar-refractivity contribution in [1.82, 2.24) is 0 Å². The first kappa shape index (κ1) is 14.8. The van der Waals surface area contributed by atoms with Gasteiger partial charge in [-0.3, -0.25) is 9.59 Å². The first-order valence-corrected chi connectivity index (χ1v) is 8.31. The van der Waals surface area contributed by atoms with Crippen LogP contribution in [0.1, 0.15) is 47.2 Å². The molecule has 1 spiro atoms. The fourth-order valence-electron chi connectivity index (χ4n) is 4.03. The van der Waals surface area contributed by atoms with Crippen molar-refractivity contribution in [1.29, 1.82) is 5.26 Å². The minimum absolute atomic E-state index is 0.197. The summed E-state index contributed by atoms with van der Waals surface area (Å²) >= 11 is 0. The van der Waals surface area contributed by atoms with Crippen LogP contribution in [-0.2, 0) is 11.2 Å². The number of fused-ring (bicyclic) bond motifs is 1. The Bertz CT molecular complexity index is 894. The van der Waals surface area contributed by atoms with Crippen LogP contribution in [0.25, 0.3) is 11.1 Å². The molecule has 0 heterocycles. The van der Waals surface area contributed by atoms with Gasteiger partial charge in [0.25, 0.3) is 0 Å². The van der Waals surface area contributed by atoms with E-state index in [1.54, 1.807) is 6.07 Å². The molecule has 2 aliphatic rings. The van der Waals surface area contributed by atoms with Gasteiger partial charge in [-0.1, -0.05) is 24.3 Å². The summed E-state index contributed by atoms with van der Waals surface area (Å²) in [6.07, 6.45) is 3.16. The predicted octanol–water partition coefficient (Wildman–Crippen LogP) is 4.09. The van der Waals surface area contributed by atoms with Gasteiger partial charge in [0.05, 0.1) is 11.6 Å². The Kier molecular flexibility index (Phi) is 3.35. The molecule has 2 aromatic rings. The zero-order chi connectivity index (χ0) is 16.7. The van der Waals surface area contributed by atoms with E-state index in [9.17, 15) is 9.59 Å². The van der Waals surface area contributed by atoms with E-state index in [0.29, 0.717) is 31.2 Å². The summed E-state index contributed by atoms with van der Waals surface area (Å²) in [5.74, 6) is 0.474. The van der Waals surface area contributed by atoms with E-state index >= 15 is 0 Å². The second-order valence-corrected chi connectivity index (χ2v) is 6.89. The van der Waals surface area contributed by atoms with Gasteiger partial charge in [0.1, 0.15) is 5.78 Å². The molecule has 4 rings (SSSR count). The summed E-state index contributed by atoms with van der Waals surface area (Å²) in [5.41, 5.74) is 4.05. The topological polar surface area (TPSA) is 57.9 Å². The van der Waals surface area contributed by atoms with Crippen molar-refractivity contribution in [2.75, 3.05) is 0 Å². The molecule has 24 heavy (non-hydrogen) atoms. The van der Waals surface area contributed by atoms with Crippen LogP contribution in [0.4, 0.5) is 0 Å². The Morgan fingerprint density at radius 2 is 1.71 bits per heavy atom. The second kappa shape index (κ2) is 5.42. The fraction of sp³-hybridized carbons (Fsp3) is 0.286. The molecular weight excluding hydrogens is 298 g/mol. The molecule has 3 nitrogen and oxygen atoms in total. The quantitative estimate of drug-likeness (QED) is 0.796. The van der Waals surface area contributed by atoms with Crippen LogP contribution in [0.3, 0.4) is 0 Å². The minimum atomic E-state index is -0.358. The van der Waals surface area contributed by atoms with Crippen LogP contribution >= 0.6 is 0 Å². The van der Waals surface area contributed by atoms with Gasteiger partial charge in [0, 0.05) is 23.8 Å². The van der Waals surface area contributed by atoms with E-state index in [0.717, 1.165) is 28.7 Å². The Balaban J connectivity index is 1.71. The van der Waals surface area contributed by atoms with Gasteiger partial charge in [-0.2, -0.15) is 5.26 Å². The third kappa shape index (κ3) is 2.27. The van der Waals surface area contributed by atoms with Gasteiger partial charge in [-0.15, -0.1) is 0 Å². The number of nitriles is 1. The highest BCUT2D eigenvalue weighted by Crippen LogP contribution is 2.47. The molecule has 2 aromatic carbocycles. The number of hydrogen-bond acceptors (Lipinski definition) is 3. The SMILES string of the molecule is N#Cc1cccc(-c2ccc3c(c2)C(=O)C2(CCC(=O)CC2)C3)c1. The molecule has 0 saturated heterocycles. The maximum absolute atomic E-state index is 13.0. The zero-order valence-electron chi connectivity index (χ0n) is 13.3. The zero-order valence-corrected chi connectivity index (χ0v) is 13.3. The number of hydrogen-bond donors (Lipinski definition) is 0. The third-order valence-corrected chi connectivity index (χ3v) is 5.45. The lowest BCUT2D eigenvalue weighted by molar-refractivity contribution is -0.121. The van der Waals surface area contributed by atoms with Crippen LogP contribution in [-0.4, -0.2) is 11.6 Å². The van der Waals surface area contributed by atoms with Crippen molar-refractivity contribution in [2.24, 2.45) is 5.41 Å². The Morgan fingerprint density at radius 3 is 2.46 bits per heavy atom. The average molecular weight is 315 g/mol. The van der Waals surface area contributed by atoms with Crippen LogP contribution in [0.15, 0.2) is 42.5 Å². The smallest absolute Gasteiger partial charge is 0.169 e. The summed E-state index contributed by atoms with van der Waals surface area (Å²) in [7, 11) is 0. The molecule has 2 aliphatic carbocycles. The molecule has 0 unspecified atom stereocenters. The second-order valence-electron chi connectivity index (χ2n) is 6.89. The normalized spacial score (nSPS) is 18.5. The maximum Gasteiger partial charge on any atom is 0.169 e. The van der Waals surface area contributed by atoms with Gasteiger partial charge in [0.2, 0.25) is 0 Å². The molecule has 0 aliphatic heterocycles. The van der Waals surface area contributed by atoms with Crippen LogP contribution < -0.4 is 0 Å². The van der Waals surface area contributed by atoms with Crippen LogP contribution in [0.2, 0.25) is 0 Å². The molecule has 1 fully saturated rings. The molecule has 0 N–H and O–H groups in total. The third-order valence-electron chi connectivity index (χ3n) is 5.45. The van der Waals surface area contributed by atoms with Crippen molar-refractivity contribution in [3.63, 3.8) is 0 Å². The number of Topliss-reactive ketones (excluding diaryl/α,β-unsaturated/α-hetero) is 2. The number of nitrogens with zero attached hydrogens (tertiary/aromatic N) is 1. The highest BCUT2D eigenvalue weighted by atomic mass is 16.1. The Labute approximate surface area is 140 Å². The van der Waals surface area contributed by atoms with E-state index in [2.05, 4.69) is 6.07 Å². The van der Waals surface area contributed by atoms with E-state index in [4.69, 9.17) is 5.26 Å². The van der Waals surface area contributed by atoms with Gasteiger partial charge in [-0.25, -0.2) is 0 Å². The molecule has 0 amide bonds. The summed E-state index contributed by atoms with van der Waals surface area (Å²) in [4.78, 5) is 24.6. The van der Waals surface area contributed by atoms with Crippen molar-refractivity contribution in [3.8, 4) is 17.2 Å². The van der Waals surface area contributed by atoms with E-state index < -0.39 is 0 Å². The molecule has 0 radical (unpaired) electrons. The number of benzene rings is 2. The van der Waals surface area contributed by atoms with E-state index in [-0.39, 0.29) is 17.0 Å². The lowest BCUT2D eigenvalue weighted by Gasteiger charge is -2.30. The van der Waals surface area contributed by atoms with Gasteiger partial charge in [-0.05, 0) is 54.2 Å². The molecule has 0 atom stereocenters. The van der Waals surface area contributed by atoms with Crippen molar-refractivity contribution in [3.05, 3.63) is 59.2 Å². The van der Waals surface area contributed by atoms with Crippen molar-refractivity contribution >= 4 is 11.6 Å². The number of ketones is 2. The summed E-state index contributed by atoms with van der Waals surface area (Å²) < 4.78 is 0. The van der Waals surface area contributed by atoms with Gasteiger partial charge >= 0.3 is 0 Å². The highest BCUT2D eigenvalue weighted by Gasteiger charge is 2.47. The first-order chi connectivity index (χ1) is 11.6. The first-order valence-electron chi connectivity index (χ1n) is 8.31. The highest BCUT2D eigenvalue weighted by molar-refractivity contribution is 6.06. The maximum atomic E-state index is 13.0. The standard InChI is InChI=1S/C21H17NO2/c22-13-14-2-1-3-15(10-14)16-4-5-17-12-21(20(24)19(17)11-16)8-6-18(23)7-9-21/h1-5,10-11H,6-9,12H2. The lowest BCUT2D eigenvalue weighted by Crippen LogP contribution is -2.33. The van der Waals surface area contributed by atoms with Gasteiger partial charge in [0.15, 0.2) is 5.78 Å². The van der Waals surface area contributed by atoms with Crippen LogP contribution in [0, 0.1) is 16.7 Å². The Morgan fingerprint density at radius 1 is 0.958 bits per heavy atom. The molecule has 1 saturated carbocycles. The molecular formula is C21H17NO2. The van der Waals surface area contributed by atoms with Crippen molar-refractivity contribution in [2.45, 2.75) is 32.1 Å². The van der Waals surface area contributed by atoms with E-state index in [1.807, 2.05) is 36.4 Å². The largest absolute Gasteiger partial charge is 0.300 e. The monoisotopic (exact) mass is 315 g/mol. The minimum Gasteiger partial charge on any atom is -0.300 e. The number of rotatable bonds is 1. The van der Waals surface area contributed by atoms with Crippen molar-refractivity contribution < 1.29 is 9.59 Å².